The highest BCUT2D eigenvalue weighted by atomic mass is 79.9. The molecule has 0 atom stereocenters. The zero-order chi connectivity index (χ0) is 14.3. The van der Waals surface area contributed by atoms with Crippen LogP contribution in [0.2, 0.25) is 0 Å². The van der Waals surface area contributed by atoms with E-state index in [4.69, 9.17) is 16.3 Å². The number of hydrogen-bond donors (Lipinski definition) is 1. The average Bonchev–Trinajstić information content (AvgIpc) is 2.37. The van der Waals surface area contributed by atoms with Crippen molar-refractivity contribution in [2.45, 2.75) is 0 Å². The number of nitro benzene ring substituents is 1. The second kappa shape index (κ2) is 8.08. The number of nitrogens with one attached hydrogen (secondary N) is 1. The first-order valence-electron chi connectivity index (χ1n) is 5.41. The minimum Gasteiger partial charge on any atom is -0.378 e. The molecule has 0 saturated carbocycles. The van der Waals surface area contributed by atoms with Crippen molar-refractivity contribution in [2.75, 3.05) is 25.6 Å². The van der Waals surface area contributed by atoms with Gasteiger partial charge < -0.3 is 10.1 Å². The first-order valence-corrected chi connectivity index (χ1v) is 6.74. The summed E-state index contributed by atoms with van der Waals surface area (Å²) >= 11 is 8.55. The van der Waals surface area contributed by atoms with Crippen molar-refractivity contribution in [3.8, 4) is 0 Å². The number of hydrogen-bond acceptors (Lipinski definition) is 4. The molecule has 19 heavy (non-hydrogen) atoms. The van der Waals surface area contributed by atoms with Gasteiger partial charge in [0.15, 0.2) is 0 Å². The summed E-state index contributed by atoms with van der Waals surface area (Å²) in [5.41, 5.74) is 0.0799. The van der Waals surface area contributed by atoms with Gasteiger partial charge >= 0.3 is 0 Å². The number of non-ortho nitro benzene ring substituents is 1. The monoisotopic (exact) mass is 350 g/mol. The van der Waals surface area contributed by atoms with Gasteiger partial charge in [0.25, 0.3) is 11.6 Å². The van der Waals surface area contributed by atoms with Crippen LogP contribution in [-0.2, 0) is 4.74 Å². The van der Waals surface area contributed by atoms with Gasteiger partial charge in [0.2, 0.25) is 0 Å². The van der Waals surface area contributed by atoms with Crippen molar-refractivity contribution in [1.29, 1.82) is 0 Å². The molecule has 1 aromatic carbocycles. The number of halogens is 2. The van der Waals surface area contributed by atoms with Crippen molar-refractivity contribution >= 4 is 39.1 Å². The zero-order valence-electron chi connectivity index (χ0n) is 9.90. The molecule has 0 bridgehead atoms. The van der Waals surface area contributed by atoms with E-state index in [9.17, 15) is 14.9 Å². The topological polar surface area (TPSA) is 81.5 Å². The first-order chi connectivity index (χ1) is 9.04. The zero-order valence-corrected chi connectivity index (χ0v) is 12.2. The summed E-state index contributed by atoms with van der Waals surface area (Å²) in [6, 6.07) is 4.07. The van der Waals surface area contributed by atoms with E-state index in [1.165, 1.54) is 18.2 Å². The lowest BCUT2D eigenvalue weighted by Crippen LogP contribution is -2.27. The Labute approximate surface area is 123 Å². The maximum absolute atomic E-state index is 11.8. The Kier molecular flexibility index (Phi) is 6.75. The molecule has 0 aliphatic heterocycles. The lowest BCUT2D eigenvalue weighted by molar-refractivity contribution is -0.385. The molecule has 0 spiro atoms. The number of carbonyl (C=O) groups is 1. The molecule has 1 N–H and O–H groups in total. The summed E-state index contributed by atoms with van der Waals surface area (Å²) in [4.78, 5) is 21.9. The fourth-order valence-electron chi connectivity index (χ4n) is 1.31. The molecule has 0 aromatic heterocycles. The molecule has 1 aromatic rings. The number of ether oxygens (including phenoxy) is 1. The van der Waals surface area contributed by atoms with Crippen LogP contribution in [0.3, 0.4) is 0 Å². The summed E-state index contributed by atoms with van der Waals surface area (Å²) in [7, 11) is 0. The van der Waals surface area contributed by atoms with Crippen LogP contribution in [0.25, 0.3) is 0 Å². The van der Waals surface area contributed by atoms with Crippen molar-refractivity contribution in [3.63, 3.8) is 0 Å². The van der Waals surface area contributed by atoms with Crippen LogP contribution in [0.15, 0.2) is 22.7 Å². The third kappa shape index (κ3) is 5.54. The third-order valence-electron chi connectivity index (χ3n) is 2.11. The van der Waals surface area contributed by atoms with E-state index in [1.54, 1.807) is 0 Å². The molecule has 0 fully saturated rings. The van der Waals surface area contributed by atoms with Crippen LogP contribution in [-0.4, -0.2) is 36.5 Å². The largest absolute Gasteiger partial charge is 0.378 e. The number of alkyl halides is 1. The number of amides is 1. The Morgan fingerprint density at radius 2 is 2.16 bits per heavy atom. The first kappa shape index (κ1) is 15.9. The van der Waals surface area contributed by atoms with E-state index in [0.29, 0.717) is 30.1 Å². The molecule has 0 radical (unpaired) electrons. The van der Waals surface area contributed by atoms with Crippen LogP contribution in [0.1, 0.15) is 10.4 Å². The maximum atomic E-state index is 11.8. The minimum atomic E-state index is -0.550. The van der Waals surface area contributed by atoms with Gasteiger partial charge in [0.1, 0.15) is 0 Å². The molecule has 8 heteroatoms. The number of nitro groups is 1. The normalized spacial score (nSPS) is 10.2. The Morgan fingerprint density at radius 1 is 1.42 bits per heavy atom. The molecule has 104 valence electrons. The number of benzene rings is 1. The second-order valence-electron chi connectivity index (χ2n) is 3.51. The fourth-order valence-corrected chi connectivity index (χ4v) is 1.90. The van der Waals surface area contributed by atoms with Crippen LogP contribution in [0.4, 0.5) is 5.69 Å². The average molecular weight is 352 g/mol. The Bertz CT molecular complexity index is 470. The summed E-state index contributed by atoms with van der Waals surface area (Å²) in [6.45, 7) is 1.07. The van der Waals surface area contributed by atoms with Crippen LogP contribution >= 0.6 is 27.5 Å². The van der Waals surface area contributed by atoms with Gasteiger partial charge in [0.05, 0.1) is 18.1 Å². The minimum absolute atomic E-state index is 0.141. The van der Waals surface area contributed by atoms with Gasteiger partial charge in [-0.15, -0.1) is 11.6 Å². The number of rotatable bonds is 7. The SMILES string of the molecule is O=C(NCCOCCCl)c1cc(Br)cc([N+](=O)[O-])c1. The van der Waals surface area contributed by atoms with Crippen molar-refractivity contribution in [1.82, 2.24) is 5.32 Å². The fraction of sp³-hybridized carbons (Fsp3) is 0.364. The highest BCUT2D eigenvalue weighted by molar-refractivity contribution is 9.10. The molecule has 0 aliphatic carbocycles. The van der Waals surface area contributed by atoms with E-state index in [2.05, 4.69) is 21.2 Å². The lowest BCUT2D eigenvalue weighted by atomic mass is 10.2. The highest BCUT2D eigenvalue weighted by Gasteiger charge is 2.13. The van der Waals surface area contributed by atoms with Crippen LogP contribution < -0.4 is 5.32 Å². The summed E-state index contributed by atoms with van der Waals surface area (Å²) in [5.74, 6) is 0.00468. The van der Waals surface area contributed by atoms with Crippen LogP contribution in [0.5, 0.6) is 0 Å². The molecule has 1 amide bonds. The molecule has 0 saturated heterocycles. The smallest absolute Gasteiger partial charge is 0.271 e. The van der Waals surface area contributed by atoms with E-state index < -0.39 is 4.92 Å². The van der Waals surface area contributed by atoms with Gasteiger partial charge in [-0.2, -0.15) is 0 Å². The van der Waals surface area contributed by atoms with Crippen molar-refractivity contribution in [3.05, 3.63) is 38.3 Å². The lowest BCUT2D eigenvalue weighted by Gasteiger charge is -2.06. The molecule has 0 heterocycles. The molecule has 0 unspecified atom stereocenters. The predicted octanol–water partition coefficient (Wildman–Crippen LogP) is 2.34. The molecular formula is C11H12BrClN2O4. The summed E-state index contributed by atoms with van der Waals surface area (Å²) in [5, 5.41) is 13.3. The predicted molar refractivity (Wildman–Crippen MR) is 74.7 cm³/mol. The van der Waals surface area contributed by atoms with Gasteiger partial charge in [-0.05, 0) is 6.07 Å². The maximum Gasteiger partial charge on any atom is 0.271 e. The molecule has 0 aliphatic rings. The number of nitrogens with zero attached hydrogens (tertiary/aromatic N) is 1. The number of carbonyl (C=O) groups excluding carboxylic acids is 1. The van der Waals surface area contributed by atoms with Gasteiger partial charge in [-0.3, -0.25) is 14.9 Å². The van der Waals surface area contributed by atoms with Gasteiger partial charge in [-0.1, -0.05) is 15.9 Å². The van der Waals surface area contributed by atoms with Crippen molar-refractivity contribution < 1.29 is 14.5 Å². The van der Waals surface area contributed by atoms with Gasteiger partial charge in [0, 0.05) is 34.6 Å². The molecule has 6 nitrogen and oxygen atoms in total. The Hall–Kier alpha value is -1.18. The molecular weight excluding hydrogens is 339 g/mol. The van der Waals surface area contributed by atoms with E-state index in [1.807, 2.05) is 0 Å². The van der Waals surface area contributed by atoms with Crippen molar-refractivity contribution in [2.24, 2.45) is 0 Å². The van der Waals surface area contributed by atoms with E-state index in [-0.39, 0.29) is 17.2 Å². The van der Waals surface area contributed by atoms with Crippen LogP contribution in [0, 0.1) is 10.1 Å². The Morgan fingerprint density at radius 3 is 2.79 bits per heavy atom. The van der Waals surface area contributed by atoms with Gasteiger partial charge in [-0.25, -0.2) is 0 Å². The van der Waals surface area contributed by atoms with E-state index in [0.717, 1.165) is 0 Å². The quantitative estimate of drug-likeness (QED) is 0.354. The second-order valence-corrected chi connectivity index (χ2v) is 4.81. The van der Waals surface area contributed by atoms with E-state index >= 15 is 0 Å². The summed E-state index contributed by atoms with van der Waals surface area (Å²) in [6.07, 6.45) is 0. The third-order valence-corrected chi connectivity index (χ3v) is 2.72. The standard InChI is InChI=1S/C11H12BrClN2O4/c12-9-5-8(6-10(7-9)15(17)18)11(16)14-2-4-19-3-1-13/h5-7H,1-4H2,(H,14,16). The molecule has 1 rings (SSSR count). The highest BCUT2D eigenvalue weighted by Crippen LogP contribution is 2.21. The Balaban J connectivity index is 2.59. The summed E-state index contributed by atoms with van der Waals surface area (Å²) < 4.78 is 5.57.